The molecule has 3 rings (SSSR count). The minimum absolute atomic E-state index is 0.0180. The van der Waals surface area contributed by atoms with E-state index in [1.54, 1.807) is 0 Å². The third kappa shape index (κ3) is 2.77. The molecular formula is C12H13F3N4O3. The lowest BCUT2D eigenvalue weighted by Gasteiger charge is -2.18. The Balaban J connectivity index is 1.82. The van der Waals surface area contributed by atoms with Gasteiger partial charge in [-0.15, -0.1) is 0 Å². The molecule has 1 saturated carbocycles. The average molecular weight is 318 g/mol. The van der Waals surface area contributed by atoms with Crippen LogP contribution in [0, 0.1) is 10.1 Å². The number of amides is 1. The van der Waals surface area contributed by atoms with Crippen molar-refractivity contribution >= 4 is 11.6 Å². The summed E-state index contributed by atoms with van der Waals surface area (Å²) in [5.41, 5.74) is 0.164. The van der Waals surface area contributed by atoms with Crippen LogP contribution in [0.25, 0.3) is 0 Å². The maximum atomic E-state index is 12.4. The molecule has 2 fully saturated rings. The van der Waals surface area contributed by atoms with Gasteiger partial charge in [0, 0.05) is 12.5 Å². The Bertz CT molecular complexity index is 624. The van der Waals surface area contributed by atoms with Gasteiger partial charge in [-0.3, -0.25) is 19.6 Å². The molecule has 1 aromatic heterocycles. The van der Waals surface area contributed by atoms with Gasteiger partial charge in [-0.05, 0) is 19.3 Å². The van der Waals surface area contributed by atoms with Crippen molar-refractivity contribution in [3.63, 3.8) is 0 Å². The fourth-order valence-electron chi connectivity index (χ4n) is 2.69. The molecule has 7 nitrogen and oxygen atoms in total. The maximum absolute atomic E-state index is 12.4. The quantitative estimate of drug-likeness (QED) is 0.628. The first-order valence-electron chi connectivity index (χ1n) is 6.85. The van der Waals surface area contributed by atoms with E-state index in [1.807, 2.05) is 0 Å². The minimum Gasteiger partial charge on any atom is -0.332 e. The zero-order chi connectivity index (χ0) is 16.1. The van der Waals surface area contributed by atoms with Crippen LogP contribution in [0.1, 0.15) is 36.9 Å². The number of carbonyl (C=O) groups is 1. The third-order valence-electron chi connectivity index (χ3n) is 3.86. The maximum Gasteiger partial charge on any atom is 0.406 e. The second kappa shape index (κ2) is 4.96. The third-order valence-corrected chi connectivity index (χ3v) is 3.86. The van der Waals surface area contributed by atoms with Gasteiger partial charge < -0.3 is 4.90 Å². The summed E-state index contributed by atoms with van der Waals surface area (Å²) in [5.74, 6) is -0.679. The summed E-state index contributed by atoms with van der Waals surface area (Å²) in [7, 11) is 0. The topological polar surface area (TPSA) is 81.3 Å². The van der Waals surface area contributed by atoms with Crippen LogP contribution in [0.15, 0.2) is 6.20 Å². The molecule has 2 heterocycles. The van der Waals surface area contributed by atoms with Crippen molar-refractivity contribution in [3.05, 3.63) is 22.0 Å². The van der Waals surface area contributed by atoms with Crippen molar-refractivity contribution in [1.29, 1.82) is 0 Å². The van der Waals surface area contributed by atoms with Gasteiger partial charge in [0.15, 0.2) is 0 Å². The Morgan fingerprint density at radius 1 is 1.36 bits per heavy atom. The van der Waals surface area contributed by atoms with Crippen molar-refractivity contribution in [2.24, 2.45) is 0 Å². The lowest BCUT2D eigenvalue weighted by atomic mass is 10.2. The molecule has 120 valence electrons. The number of hydrogen-bond acceptors (Lipinski definition) is 4. The lowest BCUT2D eigenvalue weighted by molar-refractivity contribution is -0.385. The van der Waals surface area contributed by atoms with E-state index in [4.69, 9.17) is 0 Å². The van der Waals surface area contributed by atoms with E-state index in [2.05, 4.69) is 5.10 Å². The van der Waals surface area contributed by atoms with Gasteiger partial charge in [-0.25, -0.2) is 0 Å². The highest BCUT2D eigenvalue weighted by molar-refractivity contribution is 5.82. The molecule has 0 spiro atoms. The van der Waals surface area contributed by atoms with E-state index in [0.717, 1.165) is 28.6 Å². The van der Waals surface area contributed by atoms with Crippen LogP contribution in [-0.2, 0) is 4.79 Å². The molecule has 1 aromatic rings. The van der Waals surface area contributed by atoms with Gasteiger partial charge >= 0.3 is 11.9 Å². The molecule has 1 saturated heterocycles. The molecule has 0 N–H and O–H groups in total. The van der Waals surface area contributed by atoms with Gasteiger partial charge in [0.25, 0.3) is 0 Å². The molecule has 1 atom stereocenters. The summed E-state index contributed by atoms with van der Waals surface area (Å²) in [6.45, 7) is -1.34. The number of nitro groups is 1. The Kier molecular flexibility index (Phi) is 3.33. The van der Waals surface area contributed by atoms with Crippen LogP contribution in [0.5, 0.6) is 0 Å². The Morgan fingerprint density at radius 2 is 2.05 bits per heavy atom. The first-order valence-corrected chi connectivity index (χ1v) is 6.85. The highest BCUT2D eigenvalue weighted by Gasteiger charge is 2.42. The van der Waals surface area contributed by atoms with Crippen molar-refractivity contribution in [1.82, 2.24) is 14.7 Å². The average Bonchev–Trinajstić information content (AvgIpc) is 3.06. The van der Waals surface area contributed by atoms with Crippen LogP contribution in [0.3, 0.4) is 0 Å². The SMILES string of the molecule is O=C1[C@H](n2cc([N+](=O)[O-])c(C3CC3)n2)CCN1CC(F)(F)F. The monoisotopic (exact) mass is 318 g/mol. The van der Waals surface area contributed by atoms with E-state index < -0.39 is 29.6 Å². The van der Waals surface area contributed by atoms with Gasteiger partial charge in [0.2, 0.25) is 5.91 Å². The summed E-state index contributed by atoms with van der Waals surface area (Å²) in [6, 6.07) is -0.895. The normalized spacial score (nSPS) is 22.4. The number of rotatable bonds is 4. The highest BCUT2D eigenvalue weighted by Crippen LogP contribution is 2.43. The molecular weight excluding hydrogens is 305 g/mol. The van der Waals surface area contributed by atoms with Gasteiger partial charge in [0.1, 0.15) is 24.5 Å². The van der Waals surface area contributed by atoms with Crippen molar-refractivity contribution in [3.8, 4) is 0 Å². The molecule has 0 radical (unpaired) electrons. The summed E-state index contributed by atoms with van der Waals surface area (Å²) >= 11 is 0. The van der Waals surface area contributed by atoms with E-state index in [1.165, 1.54) is 0 Å². The van der Waals surface area contributed by atoms with Gasteiger partial charge in [0.05, 0.1) is 4.92 Å². The number of likely N-dealkylation sites (tertiary alicyclic amines) is 1. The molecule has 22 heavy (non-hydrogen) atoms. The smallest absolute Gasteiger partial charge is 0.332 e. The standard InChI is InChI=1S/C12H13F3N4O3/c13-12(14,15)6-17-4-3-8(11(17)20)18-5-9(19(21)22)10(16-18)7-1-2-7/h5,7-8H,1-4,6H2/t8-/m1/s1. The number of alkyl halides is 3. The fourth-order valence-corrected chi connectivity index (χ4v) is 2.69. The number of hydrogen-bond donors (Lipinski definition) is 0. The van der Waals surface area contributed by atoms with Crippen LogP contribution in [0.2, 0.25) is 0 Å². The molecule has 1 amide bonds. The Hall–Kier alpha value is -2.13. The number of carbonyl (C=O) groups excluding carboxylic acids is 1. The predicted molar refractivity (Wildman–Crippen MR) is 67.1 cm³/mol. The molecule has 1 aliphatic heterocycles. The number of nitrogens with zero attached hydrogens (tertiary/aromatic N) is 4. The number of halogens is 3. The molecule has 0 bridgehead atoms. The Morgan fingerprint density at radius 3 is 2.59 bits per heavy atom. The Labute approximate surface area is 122 Å². The summed E-state index contributed by atoms with van der Waals surface area (Å²) in [6.07, 6.45) is -1.53. The van der Waals surface area contributed by atoms with Crippen LogP contribution < -0.4 is 0 Å². The van der Waals surface area contributed by atoms with Crippen molar-refractivity contribution in [2.45, 2.75) is 37.4 Å². The van der Waals surface area contributed by atoms with Crippen molar-refractivity contribution in [2.75, 3.05) is 13.1 Å². The summed E-state index contributed by atoms with van der Waals surface area (Å²) in [4.78, 5) is 23.2. The molecule has 2 aliphatic rings. The largest absolute Gasteiger partial charge is 0.406 e. The zero-order valence-electron chi connectivity index (χ0n) is 11.4. The zero-order valence-corrected chi connectivity index (χ0v) is 11.4. The lowest BCUT2D eigenvalue weighted by Crippen LogP contribution is -2.36. The van der Waals surface area contributed by atoms with E-state index in [0.29, 0.717) is 5.69 Å². The minimum atomic E-state index is -4.46. The molecule has 1 aliphatic carbocycles. The molecule has 0 aromatic carbocycles. The first kappa shape index (κ1) is 14.8. The number of aromatic nitrogens is 2. The van der Waals surface area contributed by atoms with Crippen molar-refractivity contribution < 1.29 is 22.9 Å². The molecule has 0 unspecified atom stereocenters. The second-order valence-electron chi connectivity index (χ2n) is 5.59. The summed E-state index contributed by atoms with van der Waals surface area (Å²) < 4.78 is 38.3. The van der Waals surface area contributed by atoms with Crippen LogP contribution in [-0.4, -0.2) is 44.8 Å². The second-order valence-corrected chi connectivity index (χ2v) is 5.59. The fraction of sp³-hybridized carbons (Fsp3) is 0.667. The van der Waals surface area contributed by atoms with E-state index >= 15 is 0 Å². The highest BCUT2D eigenvalue weighted by atomic mass is 19.4. The van der Waals surface area contributed by atoms with Crippen LogP contribution >= 0.6 is 0 Å². The van der Waals surface area contributed by atoms with Gasteiger partial charge in [-0.2, -0.15) is 18.3 Å². The molecule has 10 heteroatoms. The summed E-state index contributed by atoms with van der Waals surface area (Å²) in [5, 5.41) is 15.1. The van der Waals surface area contributed by atoms with Crippen LogP contribution in [0.4, 0.5) is 18.9 Å². The van der Waals surface area contributed by atoms with E-state index in [9.17, 15) is 28.1 Å². The van der Waals surface area contributed by atoms with Gasteiger partial charge in [-0.1, -0.05) is 0 Å². The van der Waals surface area contributed by atoms with E-state index in [-0.39, 0.29) is 24.6 Å². The first-order chi connectivity index (χ1) is 10.3. The predicted octanol–water partition coefficient (Wildman–Crippen LogP) is 2.00.